The fourth-order valence-corrected chi connectivity index (χ4v) is 7.67. The molecule has 1 amide bonds. The average Bonchev–Trinajstić information content (AvgIpc) is 3.79. The van der Waals surface area contributed by atoms with Gasteiger partial charge in [0.05, 0.1) is 41.6 Å². The summed E-state index contributed by atoms with van der Waals surface area (Å²) in [4.78, 5) is 46.7. The molecule has 1 aliphatic carbocycles. The summed E-state index contributed by atoms with van der Waals surface area (Å²) in [6, 6.07) is 7.58. The summed E-state index contributed by atoms with van der Waals surface area (Å²) in [7, 11) is 1.60. The molecule has 2 N–H and O–H groups in total. The smallest absolute Gasteiger partial charge is 0.332 e. The number of carbonyl (C=O) groups is 1. The lowest BCUT2D eigenvalue weighted by Crippen LogP contribution is -2.48. The number of ether oxygens (including phenoxy) is 3. The van der Waals surface area contributed by atoms with Gasteiger partial charge in [0.15, 0.2) is 0 Å². The molecule has 1 aliphatic heterocycles. The predicted octanol–water partition coefficient (Wildman–Crippen LogP) is 4.18. The van der Waals surface area contributed by atoms with Crippen molar-refractivity contribution in [1.82, 2.24) is 14.1 Å². The lowest BCUT2D eigenvalue weighted by Gasteiger charge is -2.30. The van der Waals surface area contributed by atoms with Crippen molar-refractivity contribution in [2.75, 3.05) is 20.3 Å². The second kappa shape index (κ2) is 12.1. The minimum absolute atomic E-state index is 0.0697. The maximum absolute atomic E-state index is 14.4. The molecule has 4 aromatic rings. The second-order valence-corrected chi connectivity index (χ2v) is 12.4. The third-order valence-corrected chi connectivity index (χ3v) is 10.1. The summed E-state index contributed by atoms with van der Waals surface area (Å²) in [5, 5.41) is 0.389. The van der Waals surface area contributed by atoms with Gasteiger partial charge in [0.2, 0.25) is 11.8 Å². The van der Waals surface area contributed by atoms with E-state index in [1.54, 1.807) is 17.9 Å². The summed E-state index contributed by atoms with van der Waals surface area (Å²) in [5.74, 6) is 0.520. The van der Waals surface area contributed by atoms with Crippen LogP contribution in [0.3, 0.4) is 0 Å². The van der Waals surface area contributed by atoms with E-state index in [2.05, 4.69) is 4.98 Å². The van der Waals surface area contributed by atoms with Crippen LogP contribution in [0.5, 0.6) is 5.75 Å². The van der Waals surface area contributed by atoms with E-state index >= 15 is 0 Å². The molecular formula is C31H36N4O7S. The molecule has 3 aromatic heterocycles. The maximum atomic E-state index is 14.4. The standard InChI is InChI=1S/C31H36N4O7S/c1-19-24-27(36)35(18-31(29(32)37)11-5-6-12-31)30(38)34(28(24)43-25(19)26-33-13-16-41-26)17-23(42-20-9-14-40-15-10-20)21-7-3-4-8-22(21)39-2/h3-4,7-8,13,16,20,23H,5-6,9-12,14-15,17-18H2,1-2H3,(H2,32,37)/t23-/m0/s1. The minimum atomic E-state index is -0.954. The van der Waals surface area contributed by atoms with E-state index in [0.29, 0.717) is 58.4 Å². The Bertz CT molecular complexity index is 1730. The zero-order valence-corrected chi connectivity index (χ0v) is 25.2. The number of oxazole rings is 1. The number of primary amides is 1. The molecule has 2 fully saturated rings. The third kappa shape index (κ3) is 5.43. The number of nitrogens with two attached hydrogens (primary N) is 1. The van der Waals surface area contributed by atoms with Gasteiger partial charge < -0.3 is 24.4 Å². The molecule has 12 heteroatoms. The van der Waals surface area contributed by atoms with E-state index in [9.17, 15) is 14.4 Å². The van der Waals surface area contributed by atoms with Gasteiger partial charge in [0.1, 0.15) is 22.9 Å². The Labute approximate surface area is 252 Å². The van der Waals surface area contributed by atoms with Crippen LogP contribution in [0.15, 0.2) is 50.7 Å². The zero-order chi connectivity index (χ0) is 30.1. The average molecular weight is 609 g/mol. The number of amides is 1. The number of methoxy groups -OCH3 is 1. The van der Waals surface area contributed by atoms with Gasteiger partial charge >= 0.3 is 5.69 Å². The number of nitrogens with zero attached hydrogens (tertiary/aromatic N) is 3. The highest BCUT2D eigenvalue weighted by Gasteiger charge is 2.41. The molecular weight excluding hydrogens is 572 g/mol. The Morgan fingerprint density at radius 2 is 1.93 bits per heavy atom. The van der Waals surface area contributed by atoms with Crippen molar-refractivity contribution in [3.63, 3.8) is 0 Å². The fraction of sp³-hybridized carbons (Fsp3) is 0.484. The maximum Gasteiger partial charge on any atom is 0.332 e. The Hall–Kier alpha value is -3.74. The summed E-state index contributed by atoms with van der Waals surface area (Å²) < 4.78 is 26.3. The first-order chi connectivity index (χ1) is 20.8. The molecule has 1 atom stereocenters. The number of rotatable bonds is 10. The summed E-state index contributed by atoms with van der Waals surface area (Å²) in [5.41, 5.74) is 5.43. The molecule has 0 spiro atoms. The Morgan fingerprint density at radius 1 is 1.19 bits per heavy atom. The lowest BCUT2D eigenvalue weighted by molar-refractivity contribution is -0.128. The van der Waals surface area contributed by atoms with Crippen molar-refractivity contribution in [3.8, 4) is 16.5 Å². The largest absolute Gasteiger partial charge is 0.496 e. The van der Waals surface area contributed by atoms with E-state index in [4.69, 9.17) is 24.4 Å². The van der Waals surface area contributed by atoms with E-state index in [1.807, 2.05) is 31.2 Å². The summed E-state index contributed by atoms with van der Waals surface area (Å²) in [6.45, 7) is 3.06. The third-order valence-electron chi connectivity index (χ3n) is 8.82. The molecule has 4 heterocycles. The Kier molecular flexibility index (Phi) is 8.25. The van der Waals surface area contributed by atoms with E-state index in [0.717, 1.165) is 31.2 Å². The number of benzene rings is 1. The molecule has 228 valence electrons. The first kappa shape index (κ1) is 29.3. The highest BCUT2D eigenvalue weighted by Crippen LogP contribution is 2.40. The van der Waals surface area contributed by atoms with Crippen LogP contribution in [0.1, 0.15) is 55.8 Å². The number of aryl methyl sites for hydroxylation is 1. The van der Waals surface area contributed by atoms with Crippen molar-refractivity contribution in [3.05, 3.63) is 68.7 Å². The summed E-state index contributed by atoms with van der Waals surface area (Å²) >= 11 is 1.28. The molecule has 1 aromatic carbocycles. The van der Waals surface area contributed by atoms with Crippen molar-refractivity contribution in [2.24, 2.45) is 11.1 Å². The molecule has 0 bridgehead atoms. The van der Waals surface area contributed by atoms with E-state index < -0.39 is 28.7 Å². The van der Waals surface area contributed by atoms with Crippen LogP contribution in [-0.2, 0) is 27.4 Å². The van der Waals surface area contributed by atoms with Crippen molar-refractivity contribution >= 4 is 27.5 Å². The molecule has 1 saturated carbocycles. The van der Waals surface area contributed by atoms with Crippen LogP contribution >= 0.6 is 11.3 Å². The van der Waals surface area contributed by atoms with E-state index in [-0.39, 0.29) is 19.2 Å². The number of para-hydroxylation sites is 1. The van der Waals surface area contributed by atoms with Gasteiger partial charge in [-0.3, -0.25) is 18.7 Å². The number of hydrogen-bond acceptors (Lipinski definition) is 9. The van der Waals surface area contributed by atoms with Gasteiger partial charge in [-0.2, -0.15) is 0 Å². The SMILES string of the molecule is COc1ccccc1[C@H](Cn1c(=O)n(CC2(C(N)=O)CCCC2)c(=O)c2c(C)c(-c3ncco3)sc21)OC1CCOCC1. The van der Waals surface area contributed by atoms with Crippen LogP contribution < -0.4 is 21.7 Å². The van der Waals surface area contributed by atoms with Crippen molar-refractivity contribution < 1.29 is 23.4 Å². The topological polar surface area (TPSA) is 141 Å². The van der Waals surface area contributed by atoms with Gasteiger partial charge in [0, 0.05) is 25.3 Å². The van der Waals surface area contributed by atoms with Gasteiger partial charge in [-0.15, -0.1) is 11.3 Å². The predicted molar refractivity (Wildman–Crippen MR) is 161 cm³/mol. The number of fused-ring (bicyclic) bond motifs is 1. The highest BCUT2D eigenvalue weighted by molar-refractivity contribution is 7.22. The Balaban J connectivity index is 1.55. The van der Waals surface area contributed by atoms with Crippen LogP contribution in [0.2, 0.25) is 0 Å². The first-order valence-electron chi connectivity index (χ1n) is 14.7. The number of carbonyl (C=O) groups excluding carboxylic acids is 1. The quantitative estimate of drug-likeness (QED) is 0.283. The van der Waals surface area contributed by atoms with Gasteiger partial charge in [-0.05, 0) is 44.2 Å². The molecule has 0 radical (unpaired) electrons. The molecule has 11 nitrogen and oxygen atoms in total. The second-order valence-electron chi connectivity index (χ2n) is 11.4. The molecule has 1 saturated heterocycles. The van der Waals surface area contributed by atoms with Gasteiger partial charge in [0.25, 0.3) is 5.56 Å². The van der Waals surface area contributed by atoms with Gasteiger partial charge in [-0.25, -0.2) is 9.78 Å². The molecule has 43 heavy (non-hydrogen) atoms. The zero-order valence-electron chi connectivity index (χ0n) is 24.4. The number of hydrogen-bond donors (Lipinski definition) is 1. The fourth-order valence-electron chi connectivity index (χ4n) is 6.43. The van der Waals surface area contributed by atoms with Crippen LogP contribution in [0.25, 0.3) is 21.0 Å². The van der Waals surface area contributed by atoms with Gasteiger partial charge in [-0.1, -0.05) is 31.0 Å². The molecule has 6 rings (SSSR count). The molecule has 2 aliphatic rings. The Morgan fingerprint density at radius 3 is 2.60 bits per heavy atom. The van der Waals surface area contributed by atoms with Crippen LogP contribution in [0, 0.1) is 12.3 Å². The normalized spacial score (nSPS) is 17.8. The van der Waals surface area contributed by atoms with Crippen LogP contribution in [0.4, 0.5) is 0 Å². The molecule has 0 unspecified atom stereocenters. The van der Waals surface area contributed by atoms with E-state index in [1.165, 1.54) is 22.2 Å². The van der Waals surface area contributed by atoms with Crippen molar-refractivity contribution in [2.45, 2.75) is 70.7 Å². The monoisotopic (exact) mass is 608 g/mol. The highest BCUT2D eigenvalue weighted by atomic mass is 32.1. The number of thiophene rings is 1. The first-order valence-corrected chi connectivity index (χ1v) is 15.5. The number of aromatic nitrogens is 3. The van der Waals surface area contributed by atoms with Crippen molar-refractivity contribution in [1.29, 1.82) is 0 Å². The summed E-state index contributed by atoms with van der Waals surface area (Å²) in [6.07, 6.45) is 6.51. The lowest BCUT2D eigenvalue weighted by atomic mass is 9.85. The minimum Gasteiger partial charge on any atom is -0.496 e. The van der Waals surface area contributed by atoms with Crippen LogP contribution in [-0.4, -0.2) is 46.5 Å².